The normalized spacial score (nSPS) is 12.4. The van der Waals surface area contributed by atoms with Crippen molar-refractivity contribution in [1.82, 2.24) is 9.97 Å². The second-order valence-electron chi connectivity index (χ2n) is 15.0. The van der Waals surface area contributed by atoms with Gasteiger partial charge in [-0.3, -0.25) is 0 Å². The molecule has 2 heteroatoms. The van der Waals surface area contributed by atoms with Crippen LogP contribution < -0.4 is 0 Å². The van der Waals surface area contributed by atoms with Crippen LogP contribution in [-0.2, 0) is 12.8 Å². The molecule has 0 N–H and O–H groups in total. The fourth-order valence-electron chi connectivity index (χ4n) is 9.75. The molecule has 0 amide bonds. The molecule has 12 rings (SSSR count). The molecular weight excluding hydrogens is 653 g/mol. The number of hydrogen-bond donors (Lipinski definition) is 0. The maximum absolute atomic E-state index is 5.60. The number of benzene rings is 10. The van der Waals surface area contributed by atoms with E-state index >= 15 is 0 Å². The predicted octanol–water partition coefficient (Wildman–Crippen LogP) is 14.2. The highest BCUT2D eigenvalue weighted by atomic mass is 14.7. The van der Waals surface area contributed by atoms with Gasteiger partial charge in [-0.25, -0.2) is 9.97 Å². The van der Waals surface area contributed by atoms with Crippen LogP contribution in [0, 0.1) is 0 Å². The quantitative estimate of drug-likeness (QED) is 0.136. The van der Waals surface area contributed by atoms with Crippen LogP contribution >= 0.6 is 0 Å². The van der Waals surface area contributed by atoms with Gasteiger partial charge >= 0.3 is 0 Å². The van der Waals surface area contributed by atoms with Crippen molar-refractivity contribution in [3.05, 3.63) is 157 Å². The van der Waals surface area contributed by atoms with Gasteiger partial charge in [0.2, 0.25) is 0 Å². The summed E-state index contributed by atoms with van der Waals surface area (Å²) >= 11 is 0. The van der Waals surface area contributed by atoms with Gasteiger partial charge < -0.3 is 0 Å². The molecule has 0 spiro atoms. The first-order chi connectivity index (χ1) is 26.7. The van der Waals surface area contributed by atoms with Crippen molar-refractivity contribution in [2.45, 2.75) is 26.7 Å². The van der Waals surface area contributed by atoms with E-state index in [4.69, 9.17) is 9.97 Å². The zero-order chi connectivity index (χ0) is 35.7. The molecule has 0 bridgehead atoms. The van der Waals surface area contributed by atoms with Crippen LogP contribution in [0.4, 0.5) is 0 Å². The third-order valence-electron chi connectivity index (χ3n) is 12.2. The molecule has 0 atom stereocenters. The lowest BCUT2D eigenvalue weighted by molar-refractivity contribution is 1.15. The molecular formula is C52H34N2. The maximum Gasteiger partial charge on any atom is 0.0801 e. The summed E-state index contributed by atoms with van der Waals surface area (Å²) < 4.78 is 0. The van der Waals surface area contributed by atoms with Crippen LogP contribution in [-0.4, -0.2) is 9.97 Å². The minimum Gasteiger partial charge on any atom is -0.247 e. The van der Waals surface area contributed by atoms with E-state index in [-0.39, 0.29) is 0 Å². The summed E-state index contributed by atoms with van der Waals surface area (Å²) in [5, 5.41) is 17.2. The number of aromatic nitrogens is 2. The van der Waals surface area contributed by atoms with Gasteiger partial charge in [-0.1, -0.05) is 147 Å². The van der Waals surface area contributed by atoms with E-state index in [0.717, 1.165) is 34.9 Å². The zero-order valence-corrected chi connectivity index (χ0v) is 30.2. The Labute approximate surface area is 312 Å². The summed E-state index contributed by atoms with van der Waals surface area (Å²) in [6.45, 7) is 4.45. The number of hydrogen-bond acceptors (Lipinski definition) is 2. The molecule has 252 valence electrons. The fourth-order valence-corrected chi connectivity index (χ4v) is 9.75. The molecule has 0 radical (unpaired) electrons. The van der Waals surface area contributed by atoms with E-state index in [1.165, 1.54) is 109 Å². The van der Waals surface area contributed by atoms with Crippen molar-refractivity contribution in [3.63, 3.8) is 0 Å². The van der Waals surface area contributed by atoms with Gasteiger partial charge in [0.25, 0.3) is 0 Å². The lowest BCUT2D eigenvalue weighted by Crippen LogP contribution is -1.98. The van der Waals surface area contributed by atoms with E-state index in [1.54, 1.807) is 0 Å². The molecule has 0 fully saturated rings. The molecule has 10 aromatic carbocycles. The van der Waals surface area contributed by atoms with E-state index in [1.807, 2.05) is 0 Å². The lowest BCUT2D eigenvalue weighted by Gasteiger charge is -2.22. The van der Waals surface area contributed by atoms with Crippen molar-refractivity contribution in [2.24, 2.45) is 0 Å². The topological polar surface area (TPSA) is 25.8 Å². The van der Waals surface area contributed by atoms with Gasteiger partial charge in [-0.05, 0) is 101 Å². The van der Waals surface area contributed by atoms with Gasteiger partial charge in [0, 0.05) is 32.3 Å². The summed E-state index contributed by atoms with van der Waals surface area (Å²) in [5.41, 5.74) is 11.9. The third-order valence-corrected chi connectivity index (χ3v) is 12.2. The SMILES string of the molecule is CCc1ccc2c(-c3c4ccccc4c4nc5ccc6c(-c7cccc8cc(CC)ccc78)c7ccccc7c7nc8ccc3c4c8c5c67)cccc2c1. The first kappa shape index (κ1) is 29.9. The Morgan fingerprint density at radius 2 is 0.778 bits per heavy atom. The van der Waals surface area contributed by atoms with Crippen LogP contribution in [0.3, 0.4) is 0 Å². The Morgan fingerprint density at radius 3 is 1.22 bits per heavy atom. The second-order valence-corrected chi connectivity index (χ2v) is 15.0. The zero-order valence-electron chi connectivity index (χ0n) is 30.2. The Hall–Kier alpha value is -6.64. The fraction of sp³-hybridized carbons (Fsp3) is 0.0769. The molecule has 54 heavy (non-hydrogen) atoms. The number of nitrogens with zero attached hydrogens (tertiary/aromatic N) is 2. The van der Waals surface area contributed by atoms with Gasteiger partial charge in [0.05, 0.1) is 22.1 Å². The Balaban J connectivity index is 1.28. The summed E-state index contributed by atoms with van der Waals surface area (Å²) in [5.74, 6) is 0. The Morgan fingerprint density at radius 1 is 0.352 bits per heavy atom. The van der Waals surface area contributed by atoms with Gasteiger partial charge in [0.15, 0.2) is 0 Å². The summed E-state index contributed by atoms with van der Waals surface area (Å²) in [6, 6.07) is 54.3. The van der Waals surface area contributed by atoms with Crippen molar-refractivity contribution in [3.8, 4) is 22.3 Å². The van der Waals surface area contributed by atoms with Crippen molar-refractivity contribution in [2.75, 3.05) is 0 Å². The van der Waals surface area contributed by atoms with Crippen molar-refractivity contribution in [1.29, 1.82) is 0 Å². The number of rotatable bonds is 4. The largest absolute Gasteiger partial charge is 0.247 e. The summed E-state index contributed by atoms with van der Waals surface area (Å²) in [4.78, 5) is 11.2. The average Bonchev–Trinajstić information content (AvgIpc) is 3.23. The van der Waals surface area contributed by atoms with E-state index in [2.05, 4.69) is 159 Å². The van der Waals surface area contributed by atoms with E-state index in [0.29, 0.717) is 0 Å². The Bertz CT molecular complexity index is 3290. The van der Waals surface area contributed by atoms with Crippen LogP contribution in [0.5, 0.6) is 0 Å². The maximum atomic E-state index is 5.60. The van der Waals surface area contributed by atoms with Gasteiger partial charge in [0.1, 0.15) is 0 Å². The average molecular weight is 687 g/mol. The smallest absolute Gasteiger partial charge is 0.0801 e. The van der Waals surface area contributed by atoms with Crippen LogP contribution in [0.25, 0.3) is 120 Å². The van der Waals surface area contributed by atoms with Crippen LogP contribution in [0.1, 0.15) is 25.0 Å². The number of pyridine rings is 2. The molecule has 12 aromatic rings. The molecule has 0 saturated carbocycles. The number of fused-ring (bicyclic) bond motifs is 6. The highest BCUT2D eigenvalue weighted by molar-refractivity contribution is 6.41. The van der Waals surface area contributed by atoms with E-state index in [9.17, 15) is 0 Å². The van der Waals surface area contributed by atoms with Crippen LogP contribution in [0.15, 0.2) is 146 Å². The molecule has 0 aliphatic heterocycles. The molecule has 2 heterocycles. The Kier molecular flexibility index (Phi) is 6.06. The summed E-state index contributed by atoms with van der Waals surface area (Å²) in [6.07, 6.45) is 2.04. The van der Waals surface area contributed by atoms with Gasteiger partial charge in [-0.15, -0.1) is 0 Å². The molecule has 2 aromatic heterocycles. The van der Waals surface area contributed by atoms with Crippen LogP contribution in [0.2, 0.25) is 0 Å². The molecule has 2 nitrogen and oxygen atoms in total. The minimum absolute atomic E-state index is 1.02. The highest BCUT2D eigenvalue weighted by Crippen LogP contribution is 2.51. The van der Waals surface area contributed by atoms with E-state index < -0.39 is 0 Å². The molecule has 0 saturated heterocycles. The monoisotopic (exact) mass is 686 g/mol. The summed E-state index contributed by atoms with van der Waals surface area (Å²) in [7, 11) is 0. The highest BCUT2D eigenvalue weighted by Gasteiger charge is 2.25. The van der Waals surface area contributed by atoms with Crippen molar-refractivity contribution < 1.29 is 0 Å². The minimum atomic E-state index is 1.02. The first-order valence-corrected chi connectivity index (χ1v) is 19.2. The molecule has 0 unspecified atom stereocenters. The van der Waals surface area contributed by atoms with Crippen molar-refractivity contribution >= 4 is 97.5 Å². The lowest BCUT2D eigenvalue weighted by atomic mass is 9.83. The molecule has 0 aliphatic rings. The number of aryl methyl sites for hydroxylation is 2. The predicted molar refractivity (Wildman–Crippen MR) is 232 cm³/mol. The van der Waals surface area contributed by atoms with Gasteiger partial charge in [-0.2, -0.15) is 0 Å². The standard InChI is InChI=1S/C52H34N2/c1-3-29-19-21-33-31(27-29)11-9-17-35(33)45-37-13-5-7-15-39(37)51-47-41(45)23-25-43-49(47)50-44(53-51)26-24-42-46(38-14-6-8-16-40(38)52(54-43)48(42)50)36-18-10-12-32-28-30(4-2)20-22-34(32)36/h5-28H,3-4H2,1-2H3. The molecule has 0 aliphatic carbocycles. The first-order valence-electron chi connectivity index (χ1n) is 19.2. The second kappa shape index (κ2) is 10.9. The third kappa shape index (κ3) is 3.90.